The normalized spacial score (nSPS) is 23.4. The molecule has 0 bridgehead atoms. The Balaban J connectivity index is 2.28. The number of aryl methyl sites for hydroxylation is 1. The molecule has 0 saturated carbocycles. The second-order valence-corrected chi connectivity index (χ2v) is 6.56. The third-order valence-electron chi connectivity index (χ3n) is 3.72. The summed E-state index contributed by atoms with van der Waals surface area (Å²) in [4.78, 5) is 30.7. The zero-order valence-corrected chi connectivity index (χ0v) is 13.3. The fourth-order valence-electron chi connectivity index (χ4n) is 2.56. The molecule has 6 nitrogen and oxygen atoms in total. The molecule has 0 aromatic carbocycles. The van der Waals surface area contributed by atoms with Crippen molar-refractivity contribution in [3.63, 3.8) is 0 Å². The number of rotatable bonds is 3. The maximum absolute atomic E-state index is 12.7. The molecular weight excluding hydrogens is 270 g/mol. The number of nitrogens with zero attached hydrogens (tertiary/aromatic N) is 2. The topological polar surface area (TPSA) is 75.4 Å². The standard InChI is InChI=1S/C15H23N3O3/c1-6-10-13(19)17-12(15(3,4)5)14(20)18(10)8-11-16-7-9(2)21-11/h7,10,12H,6,8H2,1-5H3,(H,17,19). The summed E-state index contributed by atoms with van der Waals surface area (Å²) in [6.07, 6.45) is 2.18. The van der Waals surface area contributed by atoms with Crippen LogP contribution in [-0.4, -0.2) is 33.8 Å². The molecule has 0 spiro atoms. The van der Waals surface area contributed by atoms with Crippen molar-refractivity contribution in [3.8, 4) is 0 Å². The Labute approximate surface area is 124 Å². The van der Waals surface area contributed by atoms with Gasteiger partial charge in [0.1, 0.15) is 17.8 Å². The lowest BCUT2D eigenvalue weighted by atomic mass is 9.83. The van der Waals surface area contributed by atoms with Gasteiger partial charge in [0.15, 0.2) is 0 Å². The van der Waals surface area contributed by atoms with Crippen LogP contribution in [-0.2, 0) is 16.1 Å². The van der Waals surface area contributed by atoms with E-state index in [1.807, 2.05) is 27.7 Å². The van der Waals surface area contributed by atoms with Gasteiger partial charge in [0, 0.05) is 0 Å². The summed E-state index contributed by atoms with van der Waals surface area (Å²) < 4.78 is 5.45. The first kappa shape index (κ1) is 15.5. The molecule has 1 aliphatic heterocycles. The number of aromatic nitrogens is 1. The highest BCUT2D eigenvalue weighted by molar-refractivity contribution is 5.97. The fraction of sp³-hybridized carbons (Fsp3) is 0.667. The fourth-order valence-corrected chi connectivity index (χ4v) is 2.56. The molecule has 1 aliphatic rings. The Hall–Kier alpha value is -1.85. The predicted molar refractivity (Wildman–Crippen MR) is 77.3 cm³/mol. The van der Waals surface area contributed by atoms with Gasteiger partial charge in [-0.3, -0.25) is 9.59 Å². The molecule has 1 N–H and O–H groups in total. The van der Waals surface area contributed by atoms with E-state index in [0.29, 0.717) is 18.1 Å². The van der Waals surface area contributed by atoms with Crippen LogP contribution in [0.4, 0.5) is 0 Å². The van der Waals surface area contributed by atoms with E-state index in [4.69, 9.17) is 4.42 Å². The molecule has 0 radical (unpaired) electrons. The highest BCUT2D eigenvalue weighted by atomic mass is 16.4. The molecule has 0 aliphatic carbocycles. The SMILES string of the molecule is CCC1C(=O)NC(C(C)(C)C)C(=O)N1Cc1ncc(C)o1. The van der Waals surface area contributed by atoms with Gasteiger partial charge in [-0.1, -0.05) is 27.7 Å². The van der Waals surface area contributed by atoms with Gasteiger partial charge in [0.05, 0.1) is 12.7 Å². The van der Waals surface area contributed by atoms with Crippen LogP contribution in [0.25, 0.3) is 0 Å². The van der Waals surface area contributed by atoms with E-state index >= 15 is 0 Å². The number of carbonyl (C=O) groups excluding carboxylic acids is 2. The number of piperazine rings is 1. The van der Waals surface area contributed by atoms with Crippen LogP contribution >= 0.6 is 0 Å². The lowest BCUT2D eigenvalue weighted by Gasteiger charge is -2.42. The largest absolute Gasteiger partial charge is 0.444 e. The van der Waals surface area contributed by atoms with E-state index in [0.717, 1.165) is 0 Å². The average Bonchev–Trinajstić information content (AvgIpc) is 2.78. The first-order valence-corrected chi connectivity index (χ1v) is 7.26. The molecule has 1 aromatic heterocycles. The Morgan fingerprint density at radius 2 is 2.05 bits per heavy atom. The summed E-state index contributed by atoms with van der Waals surface area (Å²) in [7, 11) is 0. The molecule has 116 valence electrons. The zero-order valence-electron chi connectivity index (χ0n) is 13.3. The van der Waals surface area contributed by atoms with Crippen molar-refractivity contribution >= 4 is 11.8 Å². The smallest absolute Gasteiger partial charge is 0.246 e. The van der Waals surface area contributed by atoms with Gasteiger partial charge >= 0.3 is 0 Å². The minimum atomic E-state index is -0.524. The molecule has 21 heavy (non-hydrogen) atoms. The van der Waals surface area contributed by atoms with Gasteiger partial charge in [-0.15, -0.1) is 0 Å². The minimum Gasteiger partial charge on any atom is -0.444 e. The number of amides is 2. The van der Waals surface area contributed by atoms with Crippen LogP contribution in [0.5, 0.6) is 0 Å². The summed E-state index contributed by atoms with van der Waals surface area (Å²) in [5.74, 6) is 0.964. The Morgan fingerprint density at radius 3 is 2.52 bits per heavy atom. The number of nitrogens with one attached hydrogen (secondary N) is 1. The van der Waals surface area contributed by atoms with Crippen LogP contribution < -0.4 is 5.32 Å². The second kappa shape index (κ2) is 5.50. The van der Waals surface area contributed by atoms with Crippen molar-refractivity contribution in [1.82, 2.24) is 15.2 Å². The molecule has 1 saturated heterocycles. The molecule has 2 heterocycles. The second-order valence-electron chi connectivity index (χ2n) is 6.56. The quantitative estimate of drug-likeness (QED) is 0.919. The van der Waals surface area contributed by atoms with E-state index in [1.54, 1.807) is 18.0 Å². The van der Waals surface area contributed by atoms with Gasteiger partial charge in [0.25, 0.3) is 0 Å². The molecule has 1 aromatic rings. The summed E-state index contributed by atoms with van der Waals surface area (Å²) in [6.45, 7) is 9.74. The minimum absolute atomic E-state index is 0.0789. The third kappa shape index (κ3) is 3.09. The van der Waals surface area contributed by atoms with Crippen LogP contribution in [0.2, 0.25) is 0 Å². The Kier molecular flexibility index (Phi) is 4.07. The van der Waals surface area contributed by atoms with Crippen LogP contribution in [0.15, 0.2) is 10.6 Å². The highest BCUT2D eigenvalue weighted by Gasteiger charge is 2.44. The Bertz CT molecular complexity index is 545. The average molecular weight is 293 g/mol. The van der Waals surface area contributed by atoms with E-state index in [9.17, 15) is 9.59 Å². The van der Waals surface area contributed by atoms with Gasteiger partial charge in [0.2, 0.25) is 17.7 Å². The van der Waals surface area contributed by atoms with Crippen LogP contribution in [0.1, 0.15) is 45.8 Å². The van der Waals surface area contributed by atoms with Crippen molar-refractivity contribution < 1.29 is 14.0 Å². The van der Waals surface area contributed by atoms with Gasteiger partial charge < -0.3 is 14.6 Å². The monoisotopic (exact) mass is 293 g/mol. The van der Waals surface area contributed by atoms with E-state index < -0.39 is 12.1 Å². The highest BCUT2D eigenvalue weighted by Crippen LogP contribution is 2.27. The number of oxazole rings is 1. The summed E-state index contributed by atoms with van der Waals surface area (Å²) in [6, 6.07) is -0.993. The van der Waals surface area contributed by atoms with Gasteiger partial charge in [-0.25, -0.2) is 4.98 Å². The maximum atomic E-state index is 12.7. The molecule has 1 fully saturated rings. The number of hydrogen-bond donors (Lipinski definition) is 1. The summed E-state index contributed by atoms with van der Waals surface area (Å²) in [5, 5.41) is 2.85. The lowest BCUT2D eigenvalue weighted by Crippen LogP contribution is -2.66. The number of hydrogen-bond acceptors (Lipinski definition) is 4. The van der Waals surface area contributed by atoms with Crippen LogP contribution in [0.3, 0.4) is 0 Å². The van der Waals surface area contributed by atoms with Crippen molar-refractivity contribution in [1.29, 1.82) is 0 Å². The van der Waals surface area contributed by atoms with E-state index in [1.165, 1.54) is 0 Å². The zero-order chi connectivity index (χ0) is 15.8. The van der Waals surface area contributed by atoms with Crippen molar-refractivity contribution in [2.75, 3.05) is 0 Å². The van der Waals surface area contributed by atoms with Crippen molar-refractivity contribution in [2.24, 2.45) is 5.41 Å². The molecule has 2 amide bonds. The molecule has 2 unspecified atom stereocenters. The predicted octanol–water partition coefficient (Wildman–Crippen LogP) is 1.63. The van der Waals surface area contributed by atoms with Crippen molar-refractivity contribution in [2.45, 2.75) is 59.7 Å². The molecule has 6 heteroatoms. The lowest BCUT2D eigenvalue weighted by molar-refractivity contribution is -0.153. The molecule has 2 atom stereocenters. The molecular formula is C15H23N3O3. The molecule has 2 rings (SSSR count). The van der Waals surface area contributed by atoms with E-state index in [-0.39, 0.29) is 23.8 Å². The summed E-state index contributed by atoms with van der Waals surface area (Å²) in [5.41, 5.74) is -0.337. The first-order valence-electron chi connectivity index (χ1n) is 7.26. The van der Waals surface area contributed by atoms with Crippen LogP contribution in [0, 0.1) is 12.3 Å². The first-order chi connectivity index (χ1) is 9.74. The van der Waals surface area contributed by atoms with Crippen molar-refractivity contribution in [3.05, 3.63) is 17.8 Å². The van der Waals surface area contributed by atoms with Gasteiger partial charge in [-0.05, 0) is 18.8 Å². The number of carbonyl (C=O) groups is 2. The van der Waals surface area contributed by atoms with Gasteiger partial charge in [-0.2, -0.15) is 0 Å². The Morgan fingerprint density at radius 1 is 1.38 bits per heavy atom. The van der Waals surface area contributed by atoms with E-state index in [2.05, 4.69) is 10.3 Å². The third-order valence-corrected chi connectivity index (χ3v) is 3.72. The maximum Gasteiger partial charge on any atom is 0.246 e. The summed E-state index contributed by atoms with van der Waals surface area (Å²) >= 11 is 0.